The smallest absolute Gasteiger partial charge is 0.410 e. The molecule has 3 atom stereocenters. The van der Waals surface area contributed by atoms with E-state index in [1.807, 2.05) is 43.9 Å². The predicted octanol–water partition coefficient (Wildman–Crippen LogP) is 3.60. The molecule has 3 amide bonds. The molecule has 2 rings (SSSR count). The van der Waals surface area contributed by atoms with Crippen LogP contribution in [0.15, 0.2) is 30.3 Å². The van der Waals surface area contributed by atoms with Crippen molar-refractivity contribution in [2.45, 2.75) is 91.5 Å². The summed E-state index contributed by atoms with van der Waals surface area (Å²) >= 11 is 0. The van der Waals surface area contributed by atoms with Crippen LogP contribution in [-0.2, 0) is 20.7 Å². The van der Waals surface area contributed by atoms with E-state index in [9.17, 15) is 14.4 Å². The zero-order valence-electron chi connectivity index (χ0n) is 23.4. The van der Waals surface area contributed by atoms with E-state index in [0.29, 0.717) is 6.54 Å². The van der Waals surface area contributed by atoms with Gasteiger partial charge in [0, 0.05) is 26.2 Å². The van der Waals surface area contributed by atoms with Gasteiger partial charge >= 0.3 is 6.09 Å². The number of hydrogen-bond donors (Lipinski definition) is 2. The molecule has 8 heteroatoms. The van der Waals surface area contributed by atoms with Gasteiger partial charge in [0.15, 0.2) is 0 Å². The van der Waals surface area contributed by atoms with E-state index in [2.05, 4.69) is 22.8 Å². The van der Waals surface area contributed by atoms with Crippen molar-refractivity contribution < 1.29 is 19.1 Å². The first-order valence-electron chi connectivity index (χ1n) is 13.0. The van der Waals surface area contributed by atoms with E-state index in [1.54, 1.807) is 27.7 Å². The van der Waals surface area contributed by atoms with Crippen LogP contribution in [0.25, 0.3) is 0 Å². The summed E-state index contributed by atoms with van der Waals surface area (Å²) in [5, 5.41) is 6.45. The topological polar surface area (TPSA) is 91.0 Å². The summed E-state index contributed by atoms with van der Waals surface area (Å²) in [6.45, 7) is 15.1. The monoisotopic (exact) mass is 502 g/mol. The lowest BCUT2D eigenvalue weighted by Crippen LogP contribution is -2.59. The first kappa shape index (κ1) is 29.6. The summed E-state index contributed by atoms with van der Waals surface area (Å²) in [5.41, 5.74) is 0.126. The number of nitrogens with one attached hydrogen (secondary N) is 2. The molecule has 36 heavy (non-hydrogen) atoms. The van der Waals surface area contributed by atoms with Crippen molar-refractivity contribution in [2.24, 2.45) is 5.41 Å². The molecule has 0 bridgehead atoms. The lowest BCUT2D eigenvalue weighted by molar-refractivity contribution is -0.141. The highest BCUT2D eigenvalue weighted by atomic mass is 16.6. The molecule has 2 N–H and O–H groups in total. The molecule has 3 unspecified atom stereocenters. The van der Waals surface area contributed by atoms with Crippen molar-refractivity contribution in [3.63, 3.8) is 0 Å². The van der Waals surface area contributed by atoms with Gasteiger partial charge in [-0.1, -0.05) is 51.1 Å². The Bertz CT molecular complexity index is 876. The molecular weight excluding hydrogens is 456 g/mol. The SMILES string of the molecule is CC(C(=O)NC(C(=O)N1CCCC1CNCCc1ccccc1)C(C)(C)C)N(C)C(=O)OC(C)(C)C. The minimum atomic E-state index is -0.786. The third-order valence-electron chi connectivity index (χ3n) is 6.51. The fourth-order valence-corrected chi connectivity index (χ4v) is 4.23. The Morgan fingerprint density at radius 2 is 1.75 bits per heavy atom. The van der Waals surface area contributed by atoms with Gasteiger partial charge in [-0.05, 0) is 64.5 Å². The molecule has 8 nitrogen and oxygen atoms in total. The van der Waals surface area contributed by atoms with Crippen molar-refractivity contribution in [2.75, 3.05) is 26.7 Å². The van der Waals surface area contributed by atoms with E-state index in [0.717, 1.165) is 32.4 Å². The van der Waals surface area contributed by atoms with Gasteiger partial charge in [0.1, 0.15) is 17.7 Å². The van der Waals surface area contributed by atoms with E-state index in [-0.39, 0.29) is 17.9 Å². The number of carbonyl (C=O) groups is 3. The standard InChI is InChI=1S/C28H46N4O4/c1-20(31(8)26(35)36-28(5,6)7)24(33)30-23(27(2,3)4)25(34)32-18-12-15-22(32)19-29-17-16-21-13-10-9-11-14-21/h9-11,13-14,20,22-23,29H,12,15-19H2,1-8H3,(H,30,33). The molecule has 1 aromatic carbocycles. The average molecular weight is 503 g/mol. The molecular formula is C28H46N4O4. The third-order valence-corrected chi connectivity index (χ3v) is 6.51. The second-order valence-corrected chi connectivity index (χ2v) is 11.8. The Balaban J connectivity index is 1.99. The molecule has 202 valence electrons. The lowest BCUT2D eigenvalue weighted by atomic mass is 9.85. The van der Waals surface area contributed by atoms with Gasteiger partial charge < -0.3 is 20.3 Å². The summed E-state index contributed by atoms with van der Waals surface area (Å²) in [6, 6.07) is 8.93. The highest BCUT2D eigenvalue weighted by Gasteiger charge is 2.40. The van der Waals surface area contributed by atoms with Gasteiger partial charge in [0.25, 0.3) is 0 Å². The van der Waals surface area contributed by atoms with E-state index in [1.165, 1.54) is 17.5 Å². The molecule has 1 aromatic rings. The minimum Gasteiger partial charge on any atom is -0.444 e. The van der Waals surface area contributed by atoms with Crippen LogP contribution in [0.1, 0.15) is 66.9 Å². The second-order valence-electron chi connectivity index (χ2n) is 11.8. The lowest BCUT2D eigenvalue weighted by Gasteiger charge is -2.37. The van der Waals surface area contributed by atoms with Crippen LogP contribution in [0.5, 0.6) is 0 Å². The number of carbonyl (C=O) groups excluding carboxylic acids is 3. The second kappa shape index (κ2) is 12.6. The highest BCUT2D eigenvalue weighted by Crippen LogP contribution is 2.26. The molecule has 0 spiro atoms. The number of ether oxygens (including phenoxy) is 1. The highest BCUT2D eigenvalue weighted by molar-refractivity contribution is 5.91. The van der Waals surface area contributed by atoms with Crippen LogP contribution in [0, 0.1) is 5.41 Å². The molecule has 0 radical (unpaired) electrons. The van der Waals surface area contributed by atoms with Gasteiger partial charge in [0.05, 0.1) is 0 Å². The largest absolute Gasteiger partial charge is 0.444 e. The number of likely N-dealkylation sites (tertiary alicyclic amines) is 1. The summed E-state index contributed by atoms with van der Waals surface area (Å²) in [6.07, 6.45) is 2.24. The number of amides is 3. The number of nitrogens with zero attached hydrogens (tertiary/aromatic N) is 2. The normalized spacial score (nSPS) is 17.9. The molecule has 1 heterocycles. The summed E-state index contributed by atoms with van der Waals surface area (Å²) in [7, 11) is 1.53. The van der Waals surface area contributed by atoms with Gasteiger partial charge in [0.2, 0.25) is 11.8 Å². The van der Waals surface area contributed by atoms with Crippen molar-refractivity contribution >= 4 is 17.9 Å². The average Bonchev–Trinajstić information content (AvgIpc) is 3.26. The summed E-state index contributed by atoms with van der Waals surface area (Å²) < 4.78 is 5.39. The maximum Gasteiger partial charge on any atom is 0.410 e. The first-order valence-corrected chi connectivity index (χ1v) is 13.0. The van der Waals surface area contributed by atoms with Crippen LogP contribution in [-0.4, -0.2) is 78.1 Å². The third kappa shape index (κ3) is 8.80. The number of hydrogen-bond acceptors (Lipinski definition) is 5. The maximum absolute atomic E-state index is 13.7. The summed E-state index contributed by atoms with van der Waals surface area (Å²) in [4.78, 5) is 42.4. The Hall–Kier alpha value is -2.61. The number of benzene rings is 1. The Kier molecular flexibility index (Phi) is 10.3. The summed E-state index contributed by atoms with van der Waals surface area (Å²) in [5.74, 6) is -0.455. The molecule has 1 aliphatic heterocycles. The predicted molar refractivity (Wildman–Crippen MR) is 143 cm³/mol. The molecule has 1 saturated heterocycles. The number of likely N-dealkylation sites (N-methyl/N-ethyl adjacent to an activating group) is 1. The first-order chi connectivity index (χ1) is 16.7. The molecule has 1 aliphatic rings. The van der Waals surface area contributed by atoms with Crippen molar-refractivity contribution in [1.29, 1.82) is 0 Å². The number of rotatable bonds is 9. The fourth-order valence-electron chi connectivity index (χ4n) is 4.23. The zero-order chi connectivity index (χ0) is 27.1. The molecule has 0 aliphatic carbocycles. The van der Waals surface area contributed by atoms with Gasteiger partial charge in [-0.3, -0.25) is 14.5 Å². The van der Waals surface area contributed by atoms with Gasteiger partial charge in [-0.25, -0.2) is 4.79 Å². The van der Waals surface area contributed by atoms with Crippen molar-refractivity contribution in [1.82, 2.24) is 20.4 Å². The molecule has 0 aromatic heterocycles. The van der Waals surface area contributed by atoms with E-state index < -0.39 is 29.2 Å². The quantitative estimate of drug-likeness (QED) is 0.504. The van der Waals surface area contributed by atoms with Gasteiger partial charge in [-0.15, -0.1) is 0 Å². The molecule has 0 saturated carbocycles. The molecule has 1 fully saturated rings. The van der Waals surface area contributed by atoms with E-state index in [4.69, 9.17) is 4.74 Å². The zero-order valence-corrected chi connectivity index (χ0v) is 23.4. The van der Waals surface area contributed by atoms with Crippen LogP contribution in [0.2, 0.25) is 0 Å². The van der Waals surface area contributed by atoms with Crippen molar-refractivity contribution in [3.8, 4) is 0 Å². The Morgan fingerprint density at radius 3 is 2.33 bits per heavy atom. The fraction of sp³-hybridized carbons (Fsp3) is 0.679. The Labute approximate surface area is 217 Å². The maximum atomic E-state index is 13.7. The minimum absolute atomic E-state index is 0.0738. The Morgan fingerprint density at radius 1 is 1.11 bits per heavy atom. The van der Waals surface area contributed by atoms with Gasteiger partial charge in [-0.2, -0.15) is 0 Å². The van der Waals surface area contributed by atoms with Crippen LogP contribution in [0.3, 0.4) is 0 Å². The van der Waals surface area contributed by atoms with Crippen molar-refractivity contribution in [3.05, 3.63) is 35.9 Å². The van der Waals surface area contributed by atoms with Crippen LogP contribution >= 0.6 is 0 Å². The van der Waals surface area contributed by atoms with Crippen LogP contribution in [0.4, 0.5) is 4.79 Å². The van der Waals surface area contributed by atoms with Crippen LogP contribution < -0.4 is 10.6 Å². The van der Waals surface area contributed by atoms with E-state index >= 15 is 0 Å².